The summed E-state index contributed by atoms with van der Waals surface area (Å²) in [4.78, 5) is 25.9. The zero-order valence-electron chi connectivity index (χ0n) is 7.86. The zero-order chi connectivity index (χ0) is 10.7. The molecule has 1 fully saturated rings. The number of hydrogen-bond acceptors (Lipinski definition) is 3. The van der Waals surface area contributed by atoms with Gasteiger partial charge in [-0.15, -0.1) is 0 Å². The van der Waals surface area contributed by atoms with E-state index >= 15 is 0 Å². The van der Waals surface area contributed by atoms with Crippen LogP contribution in [0.3, 0.4) is 0 Å². The largest absolute Gasteiger partial charge is 0.292 e. The molecule has 0 atom stereocenters. The van der Waals surface area contributed by atoms with Crippen molar-refractivity contribution in [3.63, 3.8) is 0 Å². The molecule has 1 heterocycles. The maximum absolute atomic E-state index is 11.1. The van der Waals surface area contributed by atoms with Gasteiger partial charge in [-0.25, -0.2) is 4.99 Å². The molecule has 4 heteroatoms. The summed E-state index contributed by atoms with van der Waals surface area (Å²) in [5, 5.41) is 2.17. The second-order valence-corrected chi connectivity index (χ2v) is 3.09. The van der Waals surface area contributed by atoms with Crippen LogP contribution in [0, 0.1) is 0 Å². The summed E-state index contributed by atoms with van der Waals surface area (Å²) in [6.07, 6.45) is 0.0646. The number of rotatable bonds is 1. The van der Waals surface area contributed by atoms with Crippen LogP contribution in [-0.4, -0.2) is 17.7 Å². The van der Waals surface area contributed by atoms with E-state index in [-0.39, 0.29) is 17.9 Å². The molecule has 4 nitrogen and oxygen atoms in total. The standard InChI is InChI=1S/C11H8N2O2/c14-10-6-8(11(15)13-10)7-12-9-4-2-1-3-5-9/h1-5H,6H2,(H,13,14,15). The molecule has 0 saturated carbocycles. The molecule has 1 aromatic carbocycles. The normalized spacial score (nSPS) is 14.8. The second-order valence-electron chi connectivity index (χ2n) is 3.09. The minimum atomic E-state index is -0.403. The van der Waals surface area contributed by atoms with E-state index in [1.54, 1.807) is 12.1 Å². The van der Waals surface area contributed by atoms with Gasteiger partial charge in [-0.3, -0.25) is 14.9 Å². The lowest BCUT2D eigenvalue weighted by Gasteiger charge is -1.87. The zero-order valence-corrected chi connectivity index (χ0v) is 7.86. The van der Waals surface area contributed by atoms with Gasteiger partial charge in [0.15, 0.2) is 0 Å². The monoisotopic (exact) mass is 200 g/mol. The van der Waals surface area contributed by atoms with Crippen molar-refractivity contribution in [2.45, 2.75) is 6.42 Å². The summed E-state index contributed by atoms with van der Waals surface area (Å²) in [6, 6.07) is 9.14. The average Bonchev–Trinajstić information content (AvgIpc) is 2.56. The van der Waals surface area contributed by atoms with Crippen molar-refractivity contribution in [1.82, 2.24) is 5.32 Å². The molecular formula is C11H8N2O2. The predicted molar refractivity (Wildman–Crippen MR) is 54.8 cm³/mol. The number of para-hydroxylation sites is 1. The quantitative estimate of drug-likeness (QED) is 0.417. The first kappa shape index (κ1) is 9.37. The van der Waals surface area contributed by atoms with Crippen LogP contribution >= 0.6 is 0 Å². The van der Waals surface area contributed by atoms with Gasteiger partial charge in [-0.2, -0.15) is 0 Å². The van der Waals surface area contributed by atoms with Gasteiger partial charge in [0.25, 0.3) is 5.91 Å². The Balaban J connectivity index is 2.27. The van der Waals surface area contributed by atoms with Crippen LogP contribution in [0.1, 0.15) is 6.42 Å². The summed E-state index contributed by atoms with van der Waals surface area (Å²) in [7, 11) is 0. The van der Waals surface area contributed by atoms with Gasteiger partial charge in [0.2, 0.25) is 5.91 Å². The topological polar surface area (TPSA) is 58.5 Å². The van der Waals surface area contributed by atoms with Gasteiger partial charge in [-0.1, -0.05) is 18.2 Å². The number of nitrogens with zero attached hydrogens (tertiary/aromatic N) is 1. The van der Waals surface area contributed by atoms with Crippen LogP contribution in [0.25, 0.3) is 0 Å². The van der Waals surface area contributed by atoms with Gasteiger partial charge in [0, 0.05) is 0 Å². The van der Waals surface area contributed by atoms with Crippen LogP contribution in [0.15, 0.2) is 40.9 Å². The first-order chi connectivity index (χ1) is 7.25. The van der Waals surface area contributed by atoms with E-state index in [1.807, 2.05) is 18.2 Å². The van der Waals surface area contributed by atoms with Crippen LogP contribution < -0.4 is 5.32 Å². The predicted octanol–water partition coefficient (Wildman–Crippen LogP) is 0.961. The molecule has 2 rings (SSSR count). The lowest BCUT2D eigenvalue weighted by molar-refractivity contribution is -0.124. The Morgan fingerprint density at radius 1 is 1.20 bits per heavy atom. The molecule has 0 radical (unpaired) electrons. The Hall–Kier alpha value is -2.19. The smallest absolute Gasteiger partial charge is 0.263 e. The molecule has 0 spiro atoms. The maximum Gasteiger partial charge on any atom is 0.263 e. The lowest BCUT2D eigenvalue weighted by atomic mass is 10.2. The van der Waals surface area contributed by atoms with E-state index in [2.05, 4.69) is 16.2 Å². The Morgan fingerprint density at radius 3 is 2.53 bits per heavy atom. The number of amides is 2. The molecule has 0 aromatic heterocycles. The molecular weight excluding hydrogens is 192 g/mol. The van der Waals surface area contributed by atoms with Gasteiger partial charge < -0.3 is 0 Å². The number of carbonyl (C=O) groups is 2. The Labute approximate surface area is 86.3 Å². The highest BCUT2D eigenvalue weighted by Gasteiger charge is 2.23. The van der Waals surface area contributed by atoms with Crippen molar-refractivity contribution in [2.75, 3.05) is 0 Å². The van der Waals surface area contributed by atoms with E-state index in [0.29, 0.717) is 5.69 Å². The molecule has 2 amide bonds. The van der Waals surface area contributed by atoms with E-state index in [9.17, 15) is 9.59 Å². The van der Waals surface area contributed by atoms with Crippen LogP contribution in [0.4, 0.5) is 5.69 Å². The molecule has 1 aliphatic heterocycles. The fourth-order valence-electron chi connectivity index (χ4n) is 1.21. The number of benzene rings is 1. The summed E-state index contributed by atoms with van der Waals surface area (Å²) < 4.78 is 0. The van der Waals surface area contributed by atoms with Gasteiger partial charge >= 0.3 is 0 Å². The highest BCUT2D eigenvalue weighted by Crippen LogP contribution is 2.10. The van der Waals surface area contributed by atoms with Crippen molar-refractivity contribution >= 4 is 23.4 Å². The summed E-state index contributed by atoms with van der Waals surface area (Å²) in [5.74, 6) is 1.88. The SMILES string of the molecule is O=C1CC(=C=Nc2ccccc2)C(=O)N1. The first-order valence-electron chi connectivity index (χ1n) is 4.47. The van der Waals surface area contributed by atoms with Crippen LogP contribution in [-0.2, 0) is 9.59 Å². The minimum absolute atomic E-state index is 0.0646. The van der Waals surface area contributed by atoms with Gasteiger partial charge in [0.05, 0.1) is 17.7 Å². The van der Waals surface area contributed by atoms with E-state index in [0.717, 1.165) is 0 Å². The van der Waals surface area contributed by atoms with Crippen molar-refractivity contribution in [3.05, 3.63) is 35.9 Å². The van der Waals surface area contributed by atoms with Crippen LogP contribution in [0.5, 0.6) is 0 Å². The highest BCUT2D eigenvalue weighted by molar-refractivity contribution is 6.17. The molecule has 0 aliphatic carbocycles. The Morgan fingerprint density at radius 2 is 1.93 bits per heavy atom. The first-order valence-corrected chi connectivity index (χ1v) is 4.47. The lowest BCUT2D eigenvalue weighted by Crippen LogP contribution is -2.19. The van der Waals surface area contributed by atoms with E-state index in [1.165, 1.54) is 0 Å². The fraction of sp³-hybridized carbons (Fsp3) is 0.0909. The fourth-order valence-corrected chi connectivity index (χ4v) is 1.21. The number of carbonyl (C=O) groups excluding carboxylic acids is 2. The van der Waals surface area contributed by atoms with Gasteiger partial charge in [0.1, 0.15) is 0 Å². The third kappa shape index (κ3) is 2.18. The molecule has 0 unspecified atom stereocenters. The van der Waals surface area contributed by atoms with Crippen LogP contribution in [0.2, 0.25) is 0 Å². The maximum atomic E-state index is 11.1. The number of hydrogen-bond donors (Lipinski definition) is 1. The van der Waals surface area contributed by atoms with E-state index < -0.39 is 5.91 Å². The van der Waals surface area contributed by atoms with Gasteiger partial charge in [-0.05, 0) is 18.0 Å². The number of imide groups is 1. The number of nitrogens with one attached hydrogen (secondary N) is 1. The third-order valence-electron chi connectivity index (χ3n) is 1.94. The molecule has 1 saturated heterocycles. The Kier molecular flexibility index (Phi) is 2.44. The average molecular weight is 200 g/mol. The van der Waals surface area contributed by atoms with E-state index in [4.69, 9.17) is 0 Å². The molecule has 1 aliphatic rings. The highest BCUT2D eigenvalue weighted by atomic mass is 16.2. The number of aliphatic imine (C=N–C) groups is 1. The van der Waals surface area contributed by atoms with Crippen molar-refractivity contribution < 1.29 is 9.59 Å². The molecule has 15 heavy (non-hydrogen) atoms. The minimum Gasteiger partial charge on any atom is -0.292 e. The third-order valence-corrected chi connectivity index (χ3v) is 1.94. The summed E-state index contributed by atoms with van der Waals surface area (Å²) >= 11 is 0. The Bertz CT molecular complexity index is 471. The van der Waals surface area contributed by atoms with Crippen molar-refractivity contribution in [2.24, 2.45) is 4.99 Å². The summed E-state index contributed by atoms with van der Waals surface area (Å²) in [6.45, 7) is 0. The van der Waals surface area contributed by atoms with Crippen molar-refractivity contribution in [1.29, 1.82) is 0 Å². The molecule has 74 valence electrons. The molecule has 1 N–H and O–H groups in total. The molecule has 1 aromatic rings. The molecule has 0 bridgehead atoms. The summed E-state index contributed by atoms with van der Waals surface area (Å²) in [5.41, 5.74) is 0.987. The van der Waals surface area contributed by atoms with Crippen molar-refractivity contribution in [3.8, 4) is 0 Å². The second kappa shape index (κ2) is 3.90.